The van der Waals surface area contributed by atoms with Crippen LogP contribution in [0.5, 0.6) is 0 Å². The Morgan fingerprint density at radius 3 is 2.64 bits per heavy atom. The molecule has 1 fully saturated rings. The van der Waals surface area contributed by atoms with Gasteiger partial charge in [0.2, 0.25) is 0 Å². The van der Waals surface area contributed by atoms with Crippen molar-refractivity contribution in [2.24, 2.45) is 11.3 Å². The Morgan fingerprint density at radius 1 is 1.18 bits per heavy atom. The van der Waals surface area contributed by atoms with E-state index in [9.17, 15) is 4.79 Å². The molecule has 3 aromatic heterocycles. The van der Waals surface area contributed by atoms with Crippen molar-refractivity contribution in [1.82, 2.24) is 19.9 Å². The molecule has 1 saturated heterocycles. The first-order valence-corrected chi connectivity index (χ1v) is 12.9. The molecule has 3 aromatic rings. The van der Waals surface area contributed by atoms with Gasteiger partial charge in [0.1, 0.15) is 16.5 Å². The zero-order chi connectivity index (χ0) is 23.2. The molecule has 1 atom stereocenters. The van der Waals surface area contributed by atoms with Crippen molar-refractivity contribution in [3.63, 3.8) is 0 Å². The molecule has 1 amide bonds. The summed E-state index contributed by atoms with van der Waals surface area (Å²) in [7, 11) is 0. The molecule has 33 heavy (non-hydrogen) atoms. The third-order valence-corrected chi connectivity index (χ3v) is 8.40. The third kappa shape index (κ3) is 4.23. The van der Waals surface area contributed by atoms with Crippen LogP contribution >= 0.6 is 11.3 Å². The monoisotopic (exact) mass is 463 g/mol. The number of fused-ring (bicyclic) bond motifs is 3. The summed E-state index contributed by atoms with van der Waals surface area (Å²) >= 11 is 1.88. The van der Waals surface area contributed by atoms with E-state index in [0.717, 1.165) is 48.8 Å². The molecule has 0 spiro atoms. The number of hydrogen-bond donors (Lipinski definition) is 0. The second-order valence-electron chi connectivity index (χ2n) is 10.3. The summed E-state index contributed by atoms with van der Waals surface area (Å²) in [6, 6.07) is 3.66. The van der Waals surface area contributed by atoms with Gasteiger partial charge < -0.3 is 9.80 Å². The predicted molar refractivity (Wildman–Crippen MR) is 134 cm³/mol. The Kier molecular flexibility index (Phi) is 5.85. The molecule has 174 valence electrons. The number of anilines is 1. The van der Waals surface area contributed by atoms with Gasteiger partial charge in [0, 0.05) is 49.9 Å². The smallest absolute Gasteiger partial charge is 0.255 e. The van der Waals surface area contributed by atoms with Crippen LogP contribution in [0.25, 0.3) is 10.2 Å². The number of carbonyl (C=O) groups is 1. The first-order valence-electron chi connectivity index (χ1n) is 12.1. The molecule has 4 heterocycles. The van der Waals surface area contributed by atoms with E-state index in [1.807, 2.05) is 28.4 Å². The number of pyridine rings is 1. The van der Waals surface area contributed by atoms with Gasteiger partial charge in [-0.05, 0) is 48.3 Å². The van der Waals surface area contributed by atoms with Gasteiger partial charge >= 0.3 is 0 Å². The van der Waals surface area contributed by atoms with Crippen LogP contribution in [0, 0.1) is 11.3 Å². The lowest BCUT2D eigenvalue weighted by Gasteiger charge is -2.36. The van der Waals surface area contributed by atoms with Gasteiger partial charge in [0.05, 0.1) is 10.9 Å². The number of piperazine rings is 1. The van der Waals surface area contributed by atoms with Gasteiger partial charge in [-0.2, -0.15) is 0 Å². The maximum Gasteiger partial charge on any atom is 0.255 e. The molecule has 1 unspecified atom stereocenters. The van der Waals surface area contributed by atoms with Gasteiger partial charge in [-0.1, -0.05) is 27.7 Å². The Labute approximate surface area is 200 Å². The first kappa shape index (κ1) is 22.3. The lowest BCUT2D eigenvalue weighted by atomic mass is 9.72. The summed E-state index contributed by atoms with van der Waals surface area (Å²) < 4.78 is 0. The average molecular weight is 464 g/mol. The number of thiophene rings is 1. The third-order valence-electron chi connectivity index (χ3n) is 7.25. The first-order chi connectivity index (χ1) is 15.8. The van der Waals surface area contributed by atoms with Crippen LogP contribution in [0.3, 0.4) is 0 Å². The Hall–Kier alpha value is -2.54. The summed E-state index contributed by atoms with van der Waals surface area (Å²) in [6.45, 7) is 12.2. The number of hydrogen-bond acceptors (Lipinski definition) is 6. The molecular weight excluding hydrogens is 430 g/mol. The van der Waals surface area contributed by atoms with Gasteiger partial charge in [0.15, 0.2) is 0 Å². The second kappa shape index (κ2) is 8.67. The van der Waals surface area contributed by atoms with Crippen molar-refractivity contribution in [2.75, 3.05) is 31.1 Å². The summed E-state index contributed by atoms with van der Waals surface area (Å²) in [5.74, 6) is 2.77. The number of rotatable bonds is 3. The number of carbonyl (C=O) groups excluding carboxylic acids is 1. The van der Waals surface area contributed by atoms with E-state index >= 15 is 0 Å². The van der Waals surface area contributed by atoms with E-state index < -0.39 is 0 Å². The molecule has 1 aliphatic carbocycles. The molecule has 0 aromatic carbocycles. The number of amides is 1. The quantitative estimate of drug-likeness (QED) is 0.560. The highest BCUT2D eigenvalue weighted by atomic mass is 32.1. The van der Waals surface area contributed by atoms with Crippen molar-refractivity contribution in [1.29, 1.82) is 0 Å². The highest BCUT2D eigenvalue weighted by Gasteiger charge is 2.33. The number of aromatic nitrogens is 3. The minimum atomic E-state index is 0.0611. The predicted octanol–water partition coefficient (Wildman–Crippen LogP) is 4.76. The maximum atomic E-state index is 12.9. The van der Waals surface area contributed by atoms with Crippen LogP contribution in [-0.2, 0) is 19.3 Å². The van der Waals surface area contributed by atoms with Crippen molar-refractivity contribution >= 4 is 33.3 Å². The highest BCUT2D eigenvalue weighted by molar-refractivity contribution is 7.19. The molecular formula is C26H33N5OS. The van der Waals surface area contributed by atoms with Gasteiger partial charge in [-0.3, -0.25) is 9.78 Å². The summed E-state index contributed by atoms with van der Waals surface area (Å²) in [5.41, 5.74) is 2.46. The molecule has 0 radical (unpaired) electrons. The van der Waals surface area contributed by atoms with E-state index in [1.54, 1.807) is 12.4 Å². The Bertz CT molecular complexity index is 1160. The standard InChI is InChI=1S/C26H33N5OS/c1-5-21-28-23(30-11-13-31(14-12-30)25(32)17-7-6-10-27-16-17)22-19-9-8-18(26(2,3)4)15-20(19)33-24(22)29-21/h6-7,10,16,18H,5,8-9,11-15H2,1-4H3. The van der Waals surface area contributed by atoms with E-state index in [4.69, 9.17) is 9.97 Å². The molecule has 6 nitrogen and oxygen atoms in total. The SMILES string of the molecule is CCc1nc(N2CCN(C(=O)c3cccnc3)CC2)c2c3c(sc2n1)CC(C(C)(C)C)CC3. The van der Waals surface area contributed by atoms with Gasteiger partial charge in [0.25, 0.3) is 5.91 Å². The fourth-order valence-electron chi connectivity index (χ4n) is 5.12. The molecule has 2 aliphatic rings. The minimum absolute atomic E-state index is 0.0611. The van der Waals surface area contributed by atoms with Crippen LogP contribution in [-0.4, -0.2) is 51.9 Å². The van der Waals surface area contributed by atoms with Crippen molar-refractivity contribution in [2.45, 2.75) is 53.4 Å². The highest BCUT2D eigenvalue weighted by Crippen LogP contribution is 2.45. The minimum Gasteiger partial charge on any atom is -0.352 e. The fraction of sp³-hybridized carbons (Fsp3) is 0.538. The van der Waals surface area contributed by atoms with Crippen LogP contribution in [0.4, 0.5) is 5.82 Å². The van der Waals surface area contributed by atoms with Gasteiger partial charge in [-0.25, -0.2) is 9.97 Å². The van der Waals surface area contributed by atoms with Gasteiger partial charge in [-0.15, -0.1) is 11.3 Å². The van der Waals surface area contributed by atoms with E-state index in [0.29, 0.717) is 30.0 Å². The number of nitrogens with zero attached hydrogens (tertiary/aromatic N) is 5. The van der Waals surface area contributed by atoms with Crippen molar-refractivity contribution < 1.29 is 4.79 Å². The zero-order valence-electron chi connectivity index (χ0n) is 20.1. The summed E-state index contributed by atoms with van der Waals surface area (Å²) in [4.78, 5) is 33.9. The van der Waals surface area contributed by atoms with Crippen molar-refractivity contribution in [3.05, 3.63) is 46.4 Å². The second-order valence-corrected chi connectivity index (χ2v) is 11.4. The van der Waals surface area contributed by atoms with Crippen LogP contribution in [0.15, 0.2) is 24.5 Å². The molecule has 0 bridgehead atoms. The summed E-state index contributed by atoms with van der Waals surface area (Å²) in [6.07, 6.45) is 7.66. The lowest BCUT2D eigenvalue weighted by molar-refractivity contribution is 0.0746. The normalized spacial score (nSPS) is 19.1. The number of aryl methyl sites for hydroxylation is 2. The average Bonchev–Trinajstić information content (AvgIpc) is 3.21. The van der Waals surface area contributed by atoms with Crippen LogP contribution in [0.2, 0.25) is 0 Å². The topological polar surface area (TPSA) is 62.2 Å². The van der Waals surface area contributed by atoms with Crippen molar-refractivity contribution in [3.8, 4) is 0 Å². The van der Waals surface area contributed by atoms with E-state index in [-0.39, 0.29) is 5.91 Å². The summed E-state index contributed by atoms with van der Waals surface area (Å²) in [5, 5.41) is 1.27. The molecule has 7 heteroatoms. The van der Waals surface area contributed by atoms with E-state index in [2.05, 4.69) is 37.6 Å². The molecule has 0 saturated carbocycles. The molecule has 0 N–H and O–H groups in total. The largest absolute Gasteiger partial charge is 0.352 e. The van der Waals surface area contributed by atoms with E-state index in [1.165, 1.54) is 22.2 Å². The van der Waals surface area contributed by atoms with Crippen LogP contribution in [0.1, 0.15) is 60.7 Å². The zero-order valence-corrected chi connectivity index (χ0v) is 20.9. The fourth-order valence-corrected chi connectivity index (χ4v) is 6.43. The lowest BCUT2D eigenvalue weighted by Crippen LogP contribution is -2.49. The Morgan fingerprint density at radius 2 is 1.97 bits per heavy atom. The van der Waals surface area contributed by atoms with Crippen LogP contribution < -0.4 is 4.90 Å². The molecule has 5 rings (SSSR count). The maximum absolute atomic E-state index is 12.9. The Balaban J connectivity index is 1.43. The molecule has 1 aliphatic heterocycles.